The van der Waals surface area contributed by atoms with E-state index in [1.807, 2.05) is 0 Å². The van der Waals surface area contributed by atoms with Crippen LogP contribution in [0.4, 0.5) is 0 Å². The van der Waals surface area contributed by atoms with Crippen LogP contribution in [0.5, 0.6) is 0 Å². The van der Waals surface area contributed by atoms with Gasteiger partial charge in [0.25, 0.3) is 0 Å². The molecule has 2 fully saturated rings. The lowest BCUT2D eigenvalue weighted by atomic mass is 9.79. The predicted octanol–water partition coefficient (Wildman–Crippen LogP) is 3.33. The fourth-order valence-electron chi connectivity index (χ4n) is 3.13. The first-order valence-electron chi connectivity index (χ1n) is 7.50. The summed E-state index contributed by atoms with van der Waals surface area (Å²) >= 11 is 3.58. The van der Waals surface area contributed by atoms with Gasteiger partial charge >= 0.3 is 0 Å². The number of hydrogen-bond acceptors (Lipinski definition) is 1. The Morgan fingerprint density at radius 2 is 2.10 bits per heavy atom. The molecule has 1 aromatic carbocycles. The number of nitrogens with two attached hydrogens (primary N) is 1. The highest BCUT2D eigenvalue weighted by molar-refractivity contribution is 9.10. The zero-order valence-electron chi connectivity index (χ0n) is 11.7. The largest absolute Gasteiger partial charge is 0.370 e. The molecule has 108 valence electrons. The smallest absolute Gasteiger partial charge is 0.188 e. The Balaban J connectivity index is 1.77. The molecule has 2 aliphatic carbocycles. The summed E-state index contributed by atoms with van der Waals surface area (Å²) in [4.78, 5) is 4.63. The van der Waals surface area contributed by atoms with Crippen molar-refractivity contribution in [2.45, 2.75) is 50.0 Å². The third-order valence-corrected chi connectivity index (χ3v) is 4.97. The molecule has 0 amide bonds. The van der Waals surface area contributed by atoms with E-state index in [1.165, 1.54) is 44.1 Å². The number of nitrogens with zero attached hydrogens (tertiary/aromatic N) is 1. The second-order valence-electron chi connectivity index (χ2n) is 6.12. The van der Waals surface area contributed by atoms with Gasteiger partial charge in [0.2, 0.25) is 0 Å². The van der Waals surface area contributed by atoms with Gasteiger partial charge in [-0.05, 0) is 43.4 Å². The van der Waals surface area contributed by atoms with Crippen molar-refractivity contribution < 1.29 is 0 Å². The van der Waals surface area contributed by atoms with E-state index in [9.17, 15) is 0 Å². The van der Waals surface area contributed by atoms with Crippen molar-refractivity contribution in [3.63, 3.8) is 0 Å². The number of nitrogens with one attached hydrogen (secondary N) is 1. The zero-order valence-corrected chi connectivity index (χ0v) is 13.3. The minimum atomic E-state index is 0.180. The van der Waals surface area contributed by atoms with Crippen LogP contribution >= 0.6 is 15.9 Å². The third kappa shape index (κ3) is 3.17. The maximum absolute atomic E-state index is 5.99. The quantitative estimate of drug-likeness (QED) is 0.655. The van der Waals surface area contributed by atoms with Crippen molar-refractivity contribution in [2.75, 3.05) is 6.54 Å². The molecule has 0 unspecified atom stereocenters. The Morgan fingerprint density at radius 1 is 1.35 bits per heavy atom. The topological polar surface area (TPSA) is 50.4 Å². The molecule has 0 atom stereocenters. The fraction of sp³-hybridized carbons (Fsp3) is 0.562. The van der Waals surface area contributed by atoms with Crippen LogP contribution in [0.3, 0.4) is 0 Å². The van der Waals surface area contributed by atoms with Crippen molar-refractivity contribution in [3.8, 4) is 0 Å². The van der Waals surface area contributed by atoms with E-state index in [2.05, 4.69) is 50.5 Å². The average Bonchev–Trinajstić information content (AvgIpc) is 3.11. The monoisotopic (exact) mass is 335 g/mol. The van der Waals surface area contributed by atoms with Crippen LogP contribution in [0, 0.1) is 0 Å². The lowest BCUT2D eigenvalue weighted by molar-refractivity contribution is 0.453. The van der Waals surface area contributed by atoms with Crippen LogP contribution in [0.2, 0.25) is 0 Å². The van der Waals surface area contributed by atoms with Gasteiger partial charge in [0, 0.05) is 15.9 Å². The summed E-state index contributed by atoms with van der Waals surface area (Å²) in [5, 5.41) is 3.28. The minimum Gasteiger partial charge on any atom is -0.370 e. The van der Waals surface area contributed by atoms with Gasteiger partial charge in [0.15, 0.2) is 5.96 Å². The standard InChI is InChI=1S/C16H22BrN3/c17-13-5-3-4-12(10-13)16(8-1-2-9-16)11-19-15(18)20-14-6-7-14/h3-5,10,14H,1-2,6-9,11H2,(H3,18,19,20). The van der Waals surface area contributed by atoms with Crippen LogP contribution in [-0.4, -0.2) is 18.5 Å². The fourth-order valence-corrected chi connectivity index (χ4v) is 3.53. The number of guanidine groups is 1. The molecule has 20 heavy (non-hydrogen) atoms. The predicted molar refractivity (Wildman–Crippen MR) is 86.9 cm³/mol. The second-order valence-corrected chi connectivity index (χ2v) is 7.03. The zero-order chi connectivity index (χ0) is 14.0. The molecule has 0 aliphatic heterocycles. The summed E-state index contributed by atoms with van der Waals surface area (Å²) in [6, 6.07) is 9.25. The molecule has 3 nitrogen and oxygen atoms in total. The Bertz CT molecular complexity index is 502. The Morgan fingerprint density at radius 3 is 2.75 bits per heavy atom. The van der Waals surface area contributed by atoms with Gasteiger partial charge in [0.05, 0.1) is 6.54 Å². The molecule has 3 rings (SSSR count). The van der Waals surface area contributed by atoms with Crippen molar-refractivity contribution in [2.24, 2.45) is 10.7 Å². The first-order valence-corrected chi connectivity index (χ1v) is 8.30. The molecule has 2 saturated carbocycles. The van der Waals surface area contributed by atoms with E-state index in [1.54, 1.807) is 0 Å². The van der Waals surface area contributed by atoms with Crippen LogP contribution in [0.25, 0.3) is 0 Å². The summed E-state index contributed by atoms with van der Waals surface area (Å²) in [6.07, 6.45) is 7.46. The highest BCUT2D eigenvalue weighted by Gasteiger charge is 2.35. The summed E-state index contributed by atoms with van der Waals surface area (Å²) in [5.74, 6) is 0.619. The molecule has 2 aliphatic rings. The van der Waals surface area contributed by atoms with Crippen molar-refractivity contribution in [1.29, 1.82) is 0 Å². The van der Waals surface area contributed by atoms with Gasteiger partial charge in [-0.2, -0.15) is 0 Å². The molecule has 0 heterocycles. The molecule has 0 saturated heterocycles. The van der Waals surface area contributed by atoms with Gasteiger partial charge in [0.1, 0.15) is 0 Å². The second kappa shape index (κ2) is 5.76. The summed E-state index contributed by atoms with van der Waals surface area (Å²) in [6.45, 7) is 0.801. The van der Waals surface area contributed by atoms with Gasteiger partial charge in [-0.25, -0.2) is 0 Å². The molecule has 0 radical (unpaired) electrons. The van der Waals surface area contributed by atoms with Crippen LogP contribution in [0.15, 0.2) is 33.7 Å². The van der Waals surface area contributed by atoms with E-state index >= 15 is 0 Å². The number of hydrogen-bond donors (Lipinski definition) is 2. The Hall–Kier alpha value is -1.03. The van der Waals surface area contributed by atoms with Crippen molar-refractivity contribution in [3.05, 3.63) is 34.3 Å². The highest BCUT2D eigenvalue weighted by Crippen LogP contribution is 2.42. The Labute approximate surface area is 129 Å². The number of aliphatic imine (C=N–C) groups is 1. The average molecular weight is 336 g/mol. The summed E-state index contributed by atoms with van der Waals surface area (Å²) < 4.78 is 1.15. The lowest BCUT2D eigenvalue weighted by Gasteiger charge is -2.28. The minimum absolute atomic E-state index is 0.180. The lowest BCUT2D eigenvalue weighted by Crippen LogP contribution is -2.35. The van der Waals surface area contributed by atoms with Gasteiger partial charge in [-0.3, -0.25) is 4.99 Å². The molecule has 0 aromatic heterocycles. The van der Waals surface area contributed by atoms with E-state index in [4.69, 9.17) is 5.73 Å². The first kappa shape index (κ1) is 13.9. The number of halogens is 1. The maximum Gasteiger partial charge on any atom is 0.188 e. The van der Waals surface area contributed by atoms with Gasteiger partial charge in [-0.15, -0.1) is 0 Å². The molecule has 4 heteroatoms. The molecule has 1 aromatic rings. The van der Waals surface area contributed by atoms with E-state index in [0.29, 0.717) is 12.0 Å². The molecule has 0 spiro atoms. The number of benzene rings is 1. The number of rotatable bonds is 4. The van der Waals surface area contributed by atoms with E-state index < -0.39 is 0 Å². The van der Waals surface area contributed by atoms with Gasteiger partial charge in [-0.1, -0.05) is 40.9 Å². The van der Waals surface area contributed by atoms with Gasteiger partial charge < -0.3 is 11.1 Å². The SMILES string of the molecule is NC(=NCC1(c2cccc(Br)c2)CCCC1)NC1CC1. The highest BCUT2D eigenvalue weighted by atomic mass is 79.9. The summed E-state index contributed by atoms with van der Waals surface area (Å²) in [7, 11) is 0. The third-order valence-electron chi connectivity index (χ3n) is 4.48. The van der Waals surface area contributed by atoms with E-state index in [-0.39, 0.29) is 5.41 Å². The maximum atomic E-state index is 5.99. The summed E-state index contributed by atoms with van der Waals surface area (Å²) in [5.41, 5.74) is 7.57. The molecule has 0 bridgehead atoms. The van der Waals surface area contributed by atoms with Crippen LogP contribution in [-0.2, 0) is 5.41 Å². The van der Waals surface area contributed by atoms with Crippen LogP contribution in [0.1, 0.15) is 44.1 Å². The first-order chi connectivity index (χ1) is 9.68. The van der Waals surface area contributed by atoms with E-state index in [0.717, 1.165) is 11.0 Å². The Kier molecular flexibility index (Phi) is 4.01. The van der Waals surface area contributed by atoms with Crippen molar-refractivity contribution in [1.82, 2.24) is 5.32 Å². The molecular weight excluding hydrogens is 314 g/mol. The normalized spacial score (nSPS) is 21.9. The van der Waals surface area contributed by atoms with Crippen LogP contribution < -0.4 is 11.1 Å². The van der Waals surface area contributed by atoms with Crippen molar-refractivity contribution >= 4 is 21.9 Å². The molecular formula is C16H22BrN3. The molecule has 3 N–H and O–H groups in total.